The maximum atomic E-state index is 10.7. The van der Waals surface area contributed by atoms with Gasteiger partial charge >= 0.3 is 5.97 Å². The summed E-state index contributed by atoms with van der Waals surface area (Å²) in [5, 5.41) is 8.79. The Kier molecular flexibility index (Phi) is 4.33. The average molecular weight is 248 g/mol. The molecule has 0 unspecified atom stereocenters. The topological polar surface area (TPSA) is 43.8 Å². The molecule has 0 saturated carbocycles. The highest BCUT2D eigenvalue weighted by Gasteiger charge is 2.26. The van der Waals surface area contributed by atoms with Gasteiger partial charge < -0.3 is 5.11 Å². The molecule has 1 aliphatic rings. The molecule has 0 aromatic heterocycles. The number of hydrogen-bond acceptors (Lipinski definition) is 3. The number of hydrogen-bond donors (Lipinski definition) is 1. The Labute approximate surface area is 108 Å². The number of likely N-dealkylation sites (N-methyl/N-ethyl adjacent to an activating group) is 1. The van der Waals surface area contributed by atoms with Crippen molar-refractivity contribution in [2.24, 2.45) is 0 Å². The predicted octanol–water partition coefficient (Wildman–Crippen LogP) is 1.28. The average Bonchev–Trinajstić information content (AvgIpc) is 2.78. The van der Waals surface area contributed by atoms with Crippen LogP contribution in [-0.2, 0) is 11.3 Å². The van der Waals surface area contributed by atoms with Gasteiger partial charge in [0.15, 0.2) is 0 Å². The minimum absolute atomic E-state index is 0.129. The molecule has 4 nitrogen and oxygen atoms in total. The molecule has 0 aliphatic carbocycles. The minimum atomic E-state index is -0.751. The van der Waals surface area contributed by atoms with E-state index in [1.807, 2.05) is 18.0 Å². The third-order valence-corrected chi connectivity index (χ3v) is 3.50. The van der Waals surface area contributed by atoms with Gasteiger partial charge in [0, 0.05) is 25.7 Å². The van der Waals surface area contributed by atoms with Crippen molar-refractivity contribution >= 4 is 5.97 Å². The highest BCUT2D eigenvalue weighted by atomic mass is 16.4. The van der Waals surface area contributed by atoms with E-state index in [1.54, 1.807) is 0 Å². The van der Waals surface area contributed by atoms with Gasteiger partial charge in [0.25, 0.3) is 0 Å². The van der Waals surface area contributed by atoms with Crippen molar-refractivity contribution in [2.45, 2.75) is 19.0 Å². The van der Waals surface area contributed by atoms with E-state index < -0.39 is 5.97 Å². The summed E-state index contributed by atoms with van der Waals surface area (Å²) in [7, 11) is 1.89. The van der Waals surface area contributed by atoms with Crippen molar-refractivity contribution in [2.75, 3.05) is 26.7 Å². The van der Waals surface area contributed by atoms with Crippen LogP contribution in [0.3, 0.4) is 0 Å². The van der Waals surface area contributed by atoms with Crippen LogP contribution < -0.4 is 0 Å². The Morgan fingerprint density at radius 2 is 2.17 bits per heavy atom. The van der Waals surface area contributed by atoms with E-state index in [4.69, 9.17) is 5.11 Å². The Morgan fingerprint density at radius 1 is 1.44 bits per heavy atom. The fourth-order valence-electron chi connectivity index (χ4n) is 2.50. The van der Waals surface area contributed by atoms with E-state index in [0.29, 0.717) is 6.04 Å². The molecule has 0 radical (unpaired) electrons. The van der Waals surface area contributed by atoms with Crippen LogP contribution in [0.1, 0.15) is 12.0 Å². The normalized spacial score (nSPS) is 20.4. The van der Waals surface area contributed by atoms with Crippen LogP contribution in [0.4, 0.5) is 0 Å². The van der Waals surface area contributed by atoms with E-state index in [9.17, 15) is 4.79 Å². The third-order valence-electron chi connectivity index (χ3n) is 3.50. The number of benzene rings is 1. The molecule has 1 heterocycles. The summed E-state index contributed by atoms with van der Waals surface area (Å²) in [4.78, 5) is 15.0. The second-order valence-corrected chi connectivity index (χ2v) is 4.97. The zero-order valence-electron chi connectivity index (χ0n) is 10.7. The number of likely N-dealkylation sites (tertiary alicyclic amines) is 1. The number of carbonyl (C=O) groups is 1. The first kappa shape index (κ1) is 13.1. The summed E-state index contributed by atoms with van der Waals surface area (Å²) >= 11 is 0. The van der Waals surface area contributed by atoms with Crippen molar-refractivity contribution in [3.63, 3.8) is 0 Å². The smallest absolute Gasteiger partial charge is 0.317 e. The molecular weight excluding hydrogens is 228 g/mol. The Morgan fingerprint density at radius 3 is 2.83 bits per heavy atom. The van der Waals surface area contributed by atoms with Gasteiger partial charge in [-0.3, -0.25) is 14.6 Å². The highest BCUT2D eigenvalue weighted by molar-refractivity contribution is 5.69. The molecule has 1 fully saturated rings. The summed E-state index contributed by atoms with van der Waals surface area (Å²) in [6.07, 6.45) is 1.05. The molecule has 1 aromatic carbocycles. The number of nitrogens with zero attached hydrogens (tertiary/aromatic N) is 2. The zero-order valence-corrected chi connectivity index (χ0v) is 10.7. The van der Waals surface area contributed by atoms with Crippen LogP contribution in [0.2, 0.25) is 0 Å². The monoisotopic (exact) mass is 248 g/mol. The first-order chi connectivity index (χ1) is 8.65. The van der Waals surface area contributed by atoms with Crippen LogP contribution >= 0.6 is 0 Å². The van der Waals surface area contributed by atoms with Crippen molar-refractivity contribution in [3.05, 3.63) is 35.9 Å². The summed E-state index contributed by atoms with van der Waals surface area (Å²) in [5.41, 5.74) is 1.32. The molecule has 98 valence electrons. The number of carboxylic acid groups (broad SMARTS) is 1. The SMILES string of the molecule is CN(CC(=O)O)[C@@H]1CCN(Cc2ccccc2)C1. The van der Waals surface area contributed by atoms with Crippen LogP contribution in [0, 0.1) is 0 Å². The first-order valence-electron chi connectivity index (χ1n) is 6.33. The number of aliphatic carboxylic acids is 1. The first-order valence-corrected chi connectivity index (χ1v) is 6.33. The van der Waals surface area contributed by atoms with Gasteiger partial charge in [0.05, 0.1) is 6.54 Å². The van der Waals surface area contributed by atoms with E-state index >= 15 is 0 Å². The second kappa shape index (κ2) is 5.98. The Bertz CT molecular complexity index is 394. The van der Waals surface area contributed by atoms with Crippen LogP contribution in [0.25, 0.3) is 0 Å². The van der Waals surface area contributed by atoms with E-state index in [1.165, 1.54) is 5.56 Å². The minimum Gasteiger partial charge on any atom is -0.480 e. The summed E-state index contributed by atoms with van der Waals surface area (Å²) in [5.74, 6) is -0.751. The molecule has 1 atom stereocenters. The molecule has 0 spiro atoms. The van der Waals surface area contributed by atoms with Crippen LogP contribution in [0.5, 0.6) is 0 Å². The molecule has 1 saturated heterocycles. The summed E-state index contributed by atoms with van der Waals surface area (Å²) in [6.45, 7) is 3.09. The van der Waals surface area contributed by atoms with Crippen molar-refractivity contribution in [1.82, 2.24) is 9.80 Å². The predicted molar refractivity (Wildman–Crippen MR) is 70.4 cm³/mol. The van der Waals surface area contributed by atoms with Gasteiger partial charge in [0.1, 0.15) is 0 Å². The molecule has 1 aliphatic heterocycles. The van der Waals surface area contributed by atoms with Gasteiger partial charge in [-0.25, -0.2) is 0 Å². The Balaban J connectivity index is 1.83. The molecular formula is C14H20N2O2. The van der Waals surface area contributed by atoms with Gasteiger partial charge in [0.2, 0.25) is 0 Å². The van der Waals surface area contributed by atoms with Crippen molar-refractivity contribution < 1.29 is 9.90 Å². The van der Waals surface area contributed by atoms with Gasteiger partial charge in [-0.05, 0) is 19.0 Å². The summed E-state index contributed by atoms with van der Waals surface area (Å²) in [6, 6.07) is 10.8. The largest absolute Gasteiger partial charge is 0.480 e. The van der Waals surface area contributed by atoms with Crippen molar-refractivity contribution in [1.29, 1.82) is 0 Å². The molecule has 1 aromatic rings. The lowest BCUT2D eigenvalue weighted by Crippen LogP contribution is -2.37. The van der Waals surface area contributed by atoms with Gasteiger partial charge in [-0.2, -0.15) is 0 Å². The van der Waals surface area contributed by atoms with E-state index in [2.05, 4.69) is 29.2 Å². The van der Waals surface area contributed by atoms with E-state index in [-0.39, 0.29) is 6.54 Å². The molecule has 1 N–H and O–H groups in total. The number of carboxylic acids is 1. The quantitative estimate of drug-likeness (QED) is 0.852. The van der Waals surface area contributed by atoms with Gasteiger partial charge in [-0.1, -0.05) is 30.3 Å². The van der Waals surface area contributed by atoms with E-state index in [0.717, 1.165) is 26.1 Å². The second-order valence-electron chi connectivity index (χ2n) is 4.97. The highest BCUT2D eigenvalue weighted by Crippen LogP contribution is 2.16. The van der Waals surface area contributed by atoms with Crippen molar-refractivity contribution in [3.8, 4) is 0 Å². The molecule has 18 heavy (non-hydrogen) atoms. The lowest BCUT2D eigenvalue weighted by atomic mass is 10.2. The number of rotatable bonds is 5. The lowest BCUT2D eigenvalue weighted by Gasteiger charge is -2.23. The van der Waals surface area contributed by atoms with Crippen LogP contribution in [0.15, 0.2) is 30.3 Å². The molecule has 0 amide bonds. The Hall–Kier alpha value is -1.39. The molecule has 0 bridgehead atoms. The molecule has 4 heteroatoms. The summed E-state index contributed by atoms with van der Waals surface area (Å²) < 4.78 is 0. The lowest BCUT2D eigenvalue weighted by molar-refractivity contribution is -0.138. The van der Waals surface area contributed by atoms with Gasteiger partial charge in [-0.15, -0.1) is 0 Å². The standard InChI is InChI=1S/C14H20N2O2/c1-15(11-14(17)18)13-7-8-16(10-13)9-12-5-3-2-4-6-12/h2-6,13H,7-11H2,1H3,(H,17,18)/t13-/m1/s1. The molecule has 2 rings (SSSR count). The fourth-order valence-corrected chi connectivity index (χ4v) is 2.50. The maximum absolute atomic E-state index is 10.7. The maximum Gasteiger partial charge on any atom is 0.317 e. The zero-order chi connectivity index (χ0) is 13.0. The fraction of sp³-hybridized carbons (Fsp3) is 0.500. The van der Waals surface area contributed by atoms with Crippen LogP contribution in [-0.4, -0.2) is 53.6 Å². The third kappa shape index (κ3) is 3.55.